The number of hydrogen-bond donors (Lipinski definition) is 2. The van der Waals surface area contributed by atoms with Crippen LogP contribution in [0, 0.1) is 10.8 Å². The molecule has 1 aromatic carbocycles. The molecule has 1 saturated heterocycles. The predicted molar refractivity (Wildman–Crippen MR) is 181 cm³/mol. The van der Waals surface area contributed by atoms with Crippen LogP contribution in [0.3, 0.4) is 0 Å². The lowest BCUT2D eigenvalue weighted by Crippen LogP contribution is -2.58. The maximum atomic E-state index is 14.6. The second kappa shape index (κ2) is 14.0. The molecule has 1 atom stereocenters. The SMILES string of the molecule is CC(C)(C)CCC(C1=CC=C(C(=O)NCCC(=O)O)CC1)N1C(=O)C(c2cc(Cl)cc(Cl)c2)=NC12CCN(CC(C)(C)C)CC2. The fraction of sp³-hybridized carbons (Fsp3) is 0.600. The molecule has 4 rings (SSSR count). The van der Waals surface area contributed by atoms with Crippen molar-refractivity contribution in [3.63, 3.8) is 0 Å². The number of nitrogens with zero attached hydrogens (tertiary/aromatic N) is 3. The van der Waals surface area contributed by atoms with Crippen molar-refractivity contribution in [2.75, 3.05) is 26.2 Å². The largest absolute Gasteiger partial charge is 0.481 e. The van der Waals surface area contributed by atoms with Crippen LogP contribution in [0.4, 0.5) is 0 Å². The number of benzene rings is 1. The van der Waals surface area contributed by atoms with Crippen LogP contribution < -0.4 is 5.32 Å². The smallest absolute Gasteiger partial charge is 0.305 e. The number of hydrogen-bond acceptors (Lipinski definition) is 5. The third kappa shape index (κ3) is 9.20. The van der Waals surface area contributed by atoms with Gasteiger partial charge in [-0.15, -0.1) is 0 Å². The van der Waals surface area contributed by atoms with Gasteiger partial charge in [0.25, 0.3) is 5.91 Å². The Bertz CT molecular complexity index is 1370. The molecule has 1 aliphatic carbocycles. The van der Waals surface area contributed by atoms with Gasteiger partial charge in [0.15, 0.2) is 0 Å². The van der Waals surface area contributed by atoms with Crippen LogP contribution in [0.25, 0.3) is 0 Å². The van der Waals surface area contributed by atoms with E-state index < -0.39 is 11.6 Å². The molecular formula is C35H48Cl2N4O4. The number of aliphatic carboxylic acids is 1. The Labute approximate surface area is 277 Å². The van der Waals surface area contributed by atoms with E-state index in [1.54, 1.807) is 18.2 Å². The minimum Gasteiger partial charge on any atom is -0.481 e. The van der Waals surface area contributed by atoms with Crippen molar-refractivity contribution >= 4 is 46.7 Å². The Morgan fingerprint density at radius 2 is 1.64 bits per heavy atom. The minimum absolute atomic E-state index is 0.0503. The molecule has 1 unspecified atom stereocenters. The van der Waals surface area contributed by atoms with E-state index in [0.29, 0.717) is 39.7 Å². The number of rotatable bonds is 10. The number of carboxylic acid groups (broad SMARTS) is 1. The molecule has 45 heavy (non-hydrogen) atoms. The summed E-state index contributed by atoms with van der Waals surface area (Å²) in [6, 6.07) is 4.98. The van der Waals surface area contributed by atoms with E-state index in [0.717, 1.165) is 50.9 Å². The van der Waals surface area contributed by atoms with E-state index in [9.17, 15) is 14.4 Å². The van der Waals surface area contributed by atoms with E-state index >= 15 is 0 Å². The maximum Gasteiger partial charge on any atom is 0.305 e. The van der Waals surface area contributed by atoms with Gasteiger partial charge in [-0.05, 0) is 60.3 Å². The summed E-state index contributed by atoms with van der Waals surface area (Å²) in [6.45, 7) is 16.1. The number of aliphatic imine (C=N–C) groups is 1. The first kappa shape index (κ1) is 35.2. The minimum atomic E-state index is -0.952. The molecule has 8 nitrogen and oxygen atoms in total. The molecule has 10 heteroatoms. The first-order valence-corrected chi connectivity index (χ1v) is 16.7. The van der Waals surface area contributed by atoms with Gasteiger partial charge >= 0.3 is 5.97 Å². The van der Waals surface area contributed by atoms with Crippen LogP contribution in [-0.2, 0) is 14.4 Å². The molecule has 1 spiro atoms. The molecule has 2 amide bonds. The van der Waals surface area contributed by atoms with Crippen molar-refractivity contribution in [3.8, 4) is 0 Å². The van der Waals surface area contributed by atoms with Gasteiger partial charge in [-0.1, -0.05) is 76.9 Å². The Kier molecular flexibility index (Phi) is 10.9. The molecule has 246 valence electrons. The standard InChI is InChI=1S/C35H48Cl2N4O4/c1-33(2,3)13-11-28(23-7-9-24(10-8-23)31(44)38-16-12-29(42)43)41-32(45)30(25-19-26(36)21-27(37)20-25)39-35(41)14-17-40(18-15-35)22-34(4,5)6/h7,9,19-21,28H,8,10-18,22H2,1-6H3,(H,38,44)(H,42,43). The molecule has 0 bridgehead atoms. The number of halogens is 2. The third-order valence-electron chi connectivity index (χ3n) is 8.69. The maximum absolute atomic E-state index is 14.6. The first-order valence-electron chi connectivity index (χ1n) is 16.0. The molecule has 3 aliphatic rings. The molecule has 1 fully saturated rings. The fourth-order valence-corrected chi connectivity index (χ4v) is 7.11. The Morgan fingerprint density at radius 1 is 1.00 bits per heavy atom. The predicted octanol–water partition coefficient (Wildman–Crippen LogP) is 6.90. The van der Waals surface area contributed by atoms with Gasteiger partial charge in [0.2, 0.25) is 5.91 Å². The summed E-state index contributed by atoms with van der Waals surface area (Å²) in [4.78, 5) is 48.0. The van der Waals surface area contributed by atoms with Crippen molar-refractivity contribution in [2.45, 2.75) is 98.2 Å². The molecule has 1 aromatic rings. The molecule has 2 heterocycles. The van der Waals surface area contributed by atoms with E-state index in [4.69, 9.17) is 33.3 Å². The number of nitrogens with one attached hydrogen (secondary N) is 1. The quantitative estimate of drug-likeness (QED) is 0.285. The number of carbonyl (C=O) groups excluding carboxylic acids is 2. The summed E-state index contributed by atoms with van der Waals surface area (Å²) in [7, 11) is 0. The zero-order chi connectivity index (χ0) is 33.2. The molecule has 0 radical (unpaired) electrons. The Hall–Kier alpha value is -2.68. The first-order chi connectivity index (χ1) is 21.0. The third-order valence-corrected chi connectivity index (χ3v) is 9.12. The normalized spacial score (nSPS) is 19.7. The van der Waals surface area contributed by atoms with Crippen LogP contribution >= 0.6 is 23.2 Å². The summed E-state index contributed by atoms with van der Waals surface area (Å²) in [5.74, 6) is -1.31. The van der Waals surface area contributed by atoms with E-state index in [1.807, 2.05) is 12.2 Å². The van der Waals surface area contributed by atoms with Crippen LogP contribution in [-0.4, -0.2) is 76.3 Å². The van der Waals surface area contributed by atoms with Crippen LogP contribution in [0.2, 0.25) is 10.0 Å². The monoisotopic (exact) mass is 658 g/mol. The lowest BCUT2D eigenvalue weighted by Gasteiger charge is -2.48. The number of amides is 2. The number of carboxylic acids is 1. The zero-order valence-corrected chi connectivity index (χ0v) is 29.0. The number of carbonyl (C=O) groups is 3. The summed E-state index contributed by atoms with van der Waals surface area (Å²) in [5.41, 5.74) is 2.26. The van der Waals surface area contributed by atoms with Gasteiger partial charge in [0.1, 0.15) is 11.4 Å². The highest BCUT2D eigenvalue weighted by molar-refractivity contribution is 6.48. The average Bonchev–Trinajstić information content (AvgIpc) is 3.20. The van der Waals surface area contributed by atoms with Crippen LogP contribution in [0.1, 0.15) is 92.1 Å². The van der Waals surface area contributed by atoms with Crippen LogP contribution in [0.15, 0.2) is 46.5 Å². The number of piperidine rings is 1. The van der Waals surface area contributed by atoms with Crippen molar-refractivity contribution in [1.82, 2.24) is 15.1 Å². The van der Waals surface area contributed by atoms with Gasteiger partial charge in [0.05, 0.1) is 12.5 Å². The highest BCUT2D eigenvalue weighted by atomic mass is 35.5. The molecule has 0 saturated carbocycles. The lowest BCUT2D eigenvalue weighted by atomic mass is 9.82. The van der Waals surface area contributed by atoms with Crippen molar-refractivity contribution in [1.29, 1.82) is 0 Å². The fourth-order valence-electron chi connectivity index (χ4n) is 6.58. The van der Waals surface area contributed by atoms with Crippen molar-refractivity contribution in [3.05, 3.63) is 57.1 Å². The summed E-state index contributed by atoms with van der Waals surface area (Å²) >= 11 is 12.8. The summed E-state index contributed by atoms with van der Waals surface area (Å²) in [6.07, 6.45) is 7.95. The van der Waals surface area contributed by atoms with E-state index in [2.05, 4.69) is 56.7 Å². The highest BCUT2D eigenvalue weighted by Crippen LogP contribution is 2.43. The van der Waals surface area contributed by atoms with Crippen molar-refractivity contribution in [2.24, 2.45) is 15.8 Å². The Morgan fingerprint density at radius 3 is 2.18 bits per heavy atom. The number of allylic oxidation sites excluding steroid dienone is 2. The Balaban J connectivity index is 1.71. The lowest BCUT2D eigenvalue weighted by molar-refractivity contribution is -0.137. The van der Waals surface area contributed by atoms with Gasteiger partial charge in [-0.2, -0.15) is 0 Å². The zero-order valence-electron chi connectivity index (χ0n) is 27.5. The second-order valence-electron chi connectivity index (χ2n) is 15.1. The van der Waals surface area contributed by atoms with E-state index in [1.165, 1.54) is 0 Å². The summed E-state index contributed by atoms with van der Waals surface area (Å²) < 4.78 is 0. The van der Waals surface area contributed by atoms with E-state index in [-0.39, 0.29) is 41.7 Å². The number of likely N-dealkylation sites (tertiary alicyclic amines) is 1. The highest BCUT2D eigenvalue weighted by Gasteiger charge is 2.52. The van der Waals surface area contributed by atoms with Crippen LogP contribution in [0.5, 0.6) is 0 Å². The van der Waals surface area contributed by atoms with Gasteiger partial charge < -0.3 is 20.2 Å². The second-order valence-corrected chi connectivity index (χ2v) is 15.9. The molecule has 0 aromatic heterocycles. The summed E-state index contributed by atoms with van der Waals surface area (Å²) in [5, 5.41) is 12.5. The van der Waals surface area contributed by atoms with Gasteiger partial charge in [-0.3, -0.25) is 19.4 Å². The molecule has 2 aliphatic heterocycles. The average molecular weight is 660 g/mol. The molecular weight excluding hydrogens is 611 g/mol. The van der Waals surface area contributed by atoms with Gasteiger partial charge in [-0.25, -0.2) is 0 Å². The van der Waals surface area contributed by atoms with Crippen molar-refractivity contribution < 1.29 is 19.5 Å². The topological polar surface area (TPSA) is 102 Å². The van der Waals surface area contributed by atoms with Gasteiger partial charge in [0, 0.05) is 60.2 Å². The molecule has 2 N–H and O–H groups in total.